The van der Waals surface area contributed by atoms with E-state index in [1.807, 2.05) is 18.2 Å². The number of esters is 1. The SMILES string of the molecule is COC(=O)/C=C/[13CH2]S(=O)c1ccccc1. The lowest BCUT2D eigenvalue weighted by molar-refractivity contribution is -0.134. The van der Waals surface area contributed by atoms with Crippen LogP contribution in [0.5, 0.6) is 0 Å². The second-order valence-corrected chi connectivity index (χ2v) is 4.25. The van der Waals surface area contributed by atoms with Crippen LogP contribution in [-0.2, 0) is 20.3 Å². The quantitative estimate of drug-likeness (QED) is 0.443. The van der Waals surface area contributed by atoms with Crippen molar-refractivity contribution in [1.29, 1.82) is 0 Å². The van der Waals surface area contributed by atoms with Crippen LogP contribution >= 0.6 is 0 Å². The lowest BCUT2D eigenvalue weighted by atomic mass is 10.4. The molecule has 0 fully saturated rings. The van der Waals surface area contributed by atoms with Gasteiger partial charge in [-0.3, -0.25) is 4.21 Å². The Bertz CT molecular complexity index is 371. The Kier molecular flexibility index (Phi) is 4.77. The zero-order valence-electron chi connectivity index (χ0n) is 8.38. The lowest BCUT2D eigenvalue weighted by Crippen LogP contribution is -1.98. The molecular formula is C11H12O3S. The smallest absolute Gasteiger partial charge is 0.330 e. The predicted octanol–water partition coefficient (Wildman–Crippen LogP) is 1.52. The monoisotopic (exact) mass is 225 g/mol. The summed E-state index contributed by atoms with van der Waals surface area (Å²) in [6.07, 6.45) is 2.83. The summed E-state index contributed by atoms with van der Waals surface area (Å²) in [5, 5.41) is 0. The van der Waals surface area contributed by atoms with Gasteiger partial charge in [0.05, 0.1) is 17.9 Å². The molecular weight excluding hydrogens is 213 g/mol. The van der Waals surface area contributed by atoms with Crippen molar-refractivity contribution in [3.05, 3.63) is 42.5 Å². The van der Waals surface area contributed by atoms with Gasteiger partial charge >= 0.3 is 5.97 Å². The van der Waals surface area contributed by atoms with Gasteiger partial charge < -0.3 is 4.74 Å². The molecule has 0 aromatic heterocycles. The summed E-state index contributed by atoms with van der Waals surface area (Å²) in [6, 6.07) is 9.11. The average Bonchev–Trinajstić information content (AvgIpc) is 2.29. The largest absolute Gasteiger partial charge is 0.466 e. The Hall–Kier alpha value is -1.42. The molecule has 0 amide bonds. The molecule has 0 bridgehead atoms. The maximum Gasteiger partial charge on any atom is 0.330 e. The van der Waals surface area contributed by atoms with Crippen molar-refractivity contribution < 1.29 is 13.7 Å². The number of benzene rings is 1. The van der Waals surface area contributed by atoms with Crippen LogP contribution in [0.4, 0.5) is 0 Å². The molecule has 0 radical (unpaired) electrons. The minimum absolute atomic E-state index is 0.319. The molecule has 1 aromatic rings. The summed E-state index contributed by atoms with van der Waals surface area (Å²) in [4.78, 5) is 11.5. The van der Waals surface area contributed by atoms with Crippen LogP contribution in [0, 0.1) is 0 Å². The molecule has 1 unspecified atom stereocenters. The molecule has 15 heavy (non-hydrogen) atoms. The molecule has 1 aromatic carbocycles. The van der Waals surface area contributed by atoms with Crippen LogP contribution in [0.2, 0.25) is 0 Å². The topological polar surface area (TPSA) is 43.4 Å². The van der Waals surface area contributed by atoms with Crippen molar-refractivity contribution in [1.82, 2.24) is 0 Å². The second-order valence-electron chi connectivity index (χ2n) is 2.75. The Morgan fingerprint density at radius 3 is 2.67 bits per heavy atom. The normalized spacial score (nSPS) is 12.6. The van der Waals surface area contributed by atoms with E-state index in [-0.39, 0.29) is 0 Å². The van der Waals surface area contributed by atoms with E-state index in [0.717, 1.165) is 4.90 Å². The third kappa shape index (κ3) is 4.08. The molecule has 0 aliphatic rings. The average molecular weight is 225 g/mol. The molecule has 0 aliphatic heterocycles. The van der Waals surface area contributed by atoms with Crippen LogP contribution in [-0.4, -0.2) is 23.0 Å². The first-order valence-electron chi connectivity index (χ1n) is 4.42. The molecule has 0 aliphatic carbocycles. The van der Waals surface area contributed by atoms with Gasteiger partial charge in [-0.2, -0.15) is 0 Å². The molecule has 0 spiro atoms. The first kappa shape index (κ1) is 11.7. The molecule has 4 heteroatoms. The van der Waals surface area contributed by atoms with Gasteiger partial charge in [-0.05, 0) is 12.1 Å². The number of hydrogen-bond donors (Lipinski definition) is 0. The number of hydrogen-bond acceptors (Lipinski definition) is 3. The van der Waals surface area contributed by atoms with Crippen molar-refractivity contribution in [2.45, 2.75) is 4.90 Å². The highest BCUT2D eigenvalue weighted by Gasteiger charge is 2.00. The second kappa shape index (κ2) is 6.14. The fraction of sp³-hybridized carbons (Fsp3) is 0.182. The summed E-state index contributed by atoms with van der Waals surface area (Å²) < 4.78 is 16.0. The Balaban J connectivity index is 2.51. The standard InChI is InChI=1S/C11H12O3S/c1-14-11(12)8-5-9-15(13)10-6-3-2-4-7-10/h2-8H,9H2,1H3/b8-5+/i9+1. The van der Waals surface area contributed by atoms with Gasteiger partial charge in [0.1, 0.15) is 0 Å². The van der Waals surface area contributed by atoms with Crippen LogP contribution in [0.25, 0.3) is 0 Å². The number of carbonyl (C=O) groups is 1. The van der Waals surface area contributed by atoms with Crippen molar-refractivity contribution in [2.24, 2.45) is 0 Å². The molecule has 0 saturated carbocycles. The molecule has 3 nitrogen and oxygen atoms in total. The third-order valence-electron chi connectivity index (χ3n) is 1.71. The van der Waals surface area contributed by atoms with E-state index in [1.54, 1.807) is 18.2 Å². The van der Waals surface area contributed by atoms with E-state index in [2.05, 4.69) is 4.74 Å². The van der Waals surface area contributed by atoms with Crippen molar-refractivity contribution in [2.75, 3.05) is 12.9 Å². The van der Waals surface area contributed by atoms with Crippen LogP contribution in [0.1, 0.15) is 0 Å². The molecule has 0 saturated heterocycles. The Morgan fingerprint density at radius 1 is 1.40 bits per heavy atom. The van der Waals surface area contributed by atoms with E-state index in [1.165, 1.54) is 13.2 Å². The lowest BCUT2D eigenvalue weighted by Gasteiger charge is -1.97. The highest BCUT2D eigenvalue weighted by atomic mass is 32.2. The first-order valence-corrected chi connectivity index (χ1v) is 5.74. The number of rotatable bonds is 4. The summed E-state index contributed by atoms with van der Waals surface area (Å²) in [7, 11) is 0.210. The number of methoxy groups -OCH3 is 1. The van der Waals surface area contributed by atoms with Gasteiger partial charge in [-0.25, -0.2) is 4.79 Å². The predicted molar refractivity (Wildman–Crippen MR) is 58.9 cm³/mol. The van der Waals surface area contributed by atoms with Crippen molar-refractivity contribution >= 4 is 16.8 Å². The van der Waals surface area contributed by atoms with E-state index < -0.39 is 16.8 Å². The van der Waals surface area contributed by atoms with Gasteiger partial charge in [-0.15, -0.1) is 0 Å². The summed E-state index contributed by atoms with van der Waals surface area (Å²) >= 11 is 0. The van der Waals surface area contributed by atoms with Crippen LogP contribution in [0.15, 0.2) is 47.4 Å². The molecule has 80 valence electrons. The van der Waals surface area contributed by atoms with E-state index in [0.29, 0.717) is 5.75 Å². The van der Waals surface area contributed by atoms with Crippen LogP contribution < -0.4 is 0 Å². The fourth-order valence-electron chi connectivity index (χ4n) is 0.968. The highest BCUT2D eigenvalue weighted by Crippen LogP contribution is 2.05. The minimum Gasteiger partial charge on any atom is -0.466 e. The first-order chi connectivity index (χ1) is 7.24. The van der Waals surface area contributed by atoms with Gasteiger partial charge in [0.25, 0.3) is 0 Å². The minimum atomic E-state index is -1.10. The third-order valence-corrected chi connectivity index (χ3v) is 3.00. The van der Waals surface area contributed by atoms with Gasteiger partial charge in [0.15, 0.2) is 0 Å². The summed E-state index contributed by atoms with van der Waals surface area (Å²) in [5.41, 5.74) is 0. The molecule has 1 rings (SSSR count). The van der Waals surface area contributed by atoms with Gasteiger partial charge in [-0.1, -0.05) is 24.3 Å². The Morgan fingerprint density at radius 2 is 2.07 bits per heavy atom. The molecule has 1 atom stereocenters. The van der Waals surface area contributed by atoms with Crippen molar-refractivity contribution in [3.63, 3.8) is 0 Å². The van der Waals surface area contributed by atoms with E-state index >= 15 is 0 Å². The number of carbonyl (C=O) groups excluding carboxylic acids is 1. The van der Waals surface area contributed by atoms with Gasteiger partial charge in [0, 0.05) is 16.7 Å². The zero-order valence-corrected chi connectivity index (χ0v) is 9.20. The highest BCUT2D eigenvalue weighted by molar-refractivity contribution is 7.85. The van der Waals surface area contributed by atoms with E-state index in [4.69, 9.17) is 0 Å². The van der Waals surface area contributed by atoms with Crippen molar-refractivity contribution in [3.8, 4) is 0 Å². The van der Waals surface area contributed by atoms with Crippen LogP contribution in [0.3, 0.4) is 0 Å². The fourth-order valence-corrected chi connectivity index (χ4v) is 1.89. The van der Waals surface area contributed by atoms with E-state index in [9.17, 15) is 9.00 Å². The number of ether oxygens (including phenoxy) is 1. The molecule has 0 heterocycles. The zero-order chi connectivity index (χ0) is 11.1. The summed E-state index contributed by atoms with van der Waals surface area (Å²) in [5.74, 6) is -0.112. The maximum atomic E-state index is 11.6. The maximum absolute atomic E-state index is 11.6. The van der Waals surface area contributed by atoms with Gasteiger partial charge in [0.2, 0.25) is 0 Å². The molecule has 0 N–H and O–H groups in total. The Labute approximate surface area is 91.2 Å². The summed E-state index contributed by atoms with van der Waals surface area (Å²) in [6.45, 7) is 0.